The fourth-order valence-electron chi connectivity index (χ4n) is 4.80. The molecule has 0 fully saturated rings. The predicted octanol–water partition coefficient (Wildman–Crippen LogP) is 7.78. The van der Waals surface area contributed by atoms with E-state index in [2.05, 4.69) is 59.5 Å². The molecule has 0 unspecified atom stereocenters. The summed E-state index contributed by atoms with van der Waals surface area (Å²) in [5.74, 6) is 0. The molecule has 0 radical (unpaired) electrons. The van der Waals surface area contributed by atoms with Crippen molar-refractivity contribution in [3.63, 3.8) is 0 Å². The summed E-state index contributed by atoms with van der Waals surface area (Å²) in [5.41, 5.74) is 4.33. The van der Waals surface area contributed by atoms with Crippen LogP contribution in [0.2, 0.25) is 0 Å². The van der Waals surface area contributed by atoms with E-state index in [9.17, 15) is 4.79 Å². The maximum atomic E-state index is 13.6. The Kier molecular flexibility index (Phi) is 4.77. The Morgan fingerprint density at radius 2 is 1.17 bits per heavy atom. The normalized spacial score (nSPS) is 11.5. The van der Waals surface area contributed by atoms with Crippen molar-refractivity contribution >= 4 is 77.0 Å². The van der Waals surface area contributed by atoms with Gasteiger partial charge in [-0.05, 0) is 0 Å². The van der Waals surface area contributed by atoms with Crippen molar-refractivity contribution in [1.82, 2.24) is 0 Å². The van der Waals surface area contributed by atoms with E-state index in [-0.39, 0.29) is 5.43 Å². The zero-order valence-corrected chi connectivity index (χ0v) is 21.0. The van der Waals surface area contributed by atoms with E-state index in [1.54, 1.807) is 0 Å². The molecule has 0 aliphatic rings. The molecule has 2 aromatic heterocycles. The second kappa shape index (κ2) is 8.13. The van der Waals surface area contributed by atoms with E-state index in [0.717, 1.165) is 17.1 Å². The summed E-state index contributed by atoms with van der Waals surface area (Å²) in [5, 5.41) is 3.71. The molecular weight excluding hydrogens is 546 g/mol. The summed E-state index contributed by atoms with van der Waals surface area (Å²) in [4.78, 5) is 15.7. The third-order valence-electron chi connectivity index (χ3n) is 6.44. The molecule has 2 heterocycles. The van der Waals surface area contributed by atoms with E-state index in [1.807, 2.05) is 60.7 Å². The molecule has 0 spiro atoms. The van der Waals surface area contributed by atoms with Crippen LogP contribution < -0.4 is 10.3 Å². The van der Waals surface area contributed by atoms with Crippen LogP contribution in [-0.4, -0.2) is 20.4 Å². The van der Waals surface area contributed by atoms with Crippen molar-refractivity contribution in [3.8, 4) is 0 Å². The van der Waals surface area contributed by atoms with Gasteiger partial charge in [-0.3, -0.25) is 0 Å². The molecule has 0 bridgehead atoms. The van der Waals surface area contributed by atoms with Crippen LogP contribution in [0.15, 0.2) is 124 Å². The van der Waals surface area contributed by atoms with Crippen LogP contribution in [0.25, 0.3) is 39.5 Å². The second-order valence-electron chi connectivity index (χ2n) is 8.56. The number of rotatable bonds is 3. The fourth-order valence-corrected chi connectivity index (χ4v) is 7.99. The zero-order valence-electron chi connectivity index (χ0n) is 18.6. The predicted molar refractivity (Wildman–Crippen MR) is 147 cm³/mol. The molecule has 0 saturated heterocycles. The third-order valence-corrected chi connectivity index (χ3v) is 9.68. The van der Waals surface area contributed by atoms with Gasteiger partial charge in [0, 0.05) is 0 Å². The molecule has 4 heteroatoms. The van der Waals surface area contributed by atoms with Crippen molar-refractivity contribution in [2.24, 2.45) is 0 Å². The molecule has 166 valence electrons. The number of nitrogens with zero attached hydrogens (tertiary/aromatic N) is 1. The fraction of sp³-hybridized carbons (Fsp3) is 0. The third kappa shape index (κ3) is 3.38. The van der Waals surface area contributed by atoms with Gasteiger partial charge in [0.2, 0.25) is 0 Å². The monoisotopic (exact) mass is 567 g/mol. The quantitative estimate of drug-likeness (QED) is 0.162. The molecule has 7 aromatic rings. The van der Waals surface area contributed by atoms with Gasteiger partial charge in [-0.2, -0.15) is 0 Å². The first kappa shape index (κ1) is 20.5. The van der Waals surface area contributed by atoms with Crippen LogP contribution in [0.4, 0.5) is 17.1 Å². The van der Waals surface area contributed by atoms with Gasteiger partial charge < -0.3 is 0 Å². The van der Waals surface area contributed by atoms with Crippen LogP contribution in [-0.2, 0) is 0 Å². The summed E-state index contributed by atoms with van der Waals surface area (Å²) in [7, 11) is 0. The van der Waals surface area contributed by atoms with Gasteiger partial charge >= 0.3 is 212 Å². The summed E-state index contributed by atoms with van der Waals surface area (Å²) in [6.45, 7) is 0. The minimum absolute atomic E-state index is 0.0200. The number of hydrogen-bond acceptors (Lipinski definition) is 3. The molecule has 0 aliphatic carbocycles. The van der Waals surface area contributed by atoms with Gasteiger partial charge in [-0.15, -0.1) is 0 Å². The zero-order chi connectivity index (χ0) is 23.4. The first-order chi connectivity index (χ1) is 17.3. The molecule has 0 amide bonds. The Labute approximate surface area is 211 Å². The number of benzene rings is 5. The van der Waals surface area contributed by atoms with Gasteiger partial charge in [0.25, 0.3) is 0 Å². The summed E-state index contributed by atoms with van der Waals surface area (Å²) >= 11 is -0.481. The Balaban J connectivity index is 1.47. The van der Waals surface area contributed by atoms with E-state index < -0.39 is 20.4 Å². The average molecular weight is 565 g/mol. The van der Waals surface area contributed by atoms with Crippen LogP contribution in [0.1, 0.15) is 0 Å². The summed E-state index contributed by atoms with van der Waals surface area (Å²) < 4.78 is 9.16. The van der Waals surface area contributed by atoms with Gasteiger partial charge in [0.1, 0.15) is 0 Å². The Morgan fingerprint density at radius 3 is 1.91 bits per heavy atom. The van der Waals surface area contributed by atoms with Gasteiger partial charge in [-0.1, -0.05) is 0 Å². The number of para-hydroxylation sites is 2. The van der Waals surface area contributed by atoms with Crippen LogP contribution in [0, 0.1) is 0 Å². The summed E-state index contributed by atoms with van der Waals surface area (Å²) in [6.07, 6.45) is 0. The molecule has 0 saturated carbocycles. The van der Waals surface area contributed by atoms with Crippen molar-refractivity contribution < 1.29 is 4.42 Å². The molecule has 5 aromatic carbocycles. The van der Waals surface area contributed by atoms with Gasteiger partial charge in [-0.25, -0.2) is 0 Å². The molecule has 35 heavy (non-hydrogen) atoms. The Bertz CT molecular complexity index is 1880. The number of anilines is 3. The van der Waals surface area contributed by atoms with E-state index in [1.165, 1.54) is 17.6 Å². The standard InChI is InChI=1S/C31H19NO2Te/c33-31-24-16-15-22(32(20-9-3-1-4-10-20)21-11-5-2-6-12-21)17-27(24)34-28-19-30-25(18-26(28)31)23-13-7-8-14-29(23)35-30/h1-19H. The molecule has 0 N–H and O–H groups in total. The van der Waals surface area contributed by atoms with E-state index in [0.29, 0.717) is 21.9 Å². The SMILES string of the molecule is O=c1c2ccc(N(c3ccccc3)c3ccccc3)cc2oc2cc3[te]c4ccccc4c3cc12. The van der Waals surface area contributed by atoms with Gasteiger partial charge in [0.05, 0.1) is 0 Å². The first-order valence-corrected chi connectivity index (χ1v) is 13.8. The minimum atomic E-state index is -0.481. The van der Waals surface area contributed by atoms with E-state index >= 15 is 0 Å². The van der Waals surface area contributed by atoms with Gasteiger partial charge in [0.15, 0.2) is 0 Å². The van der Waals surface area contributed by atoms with Crippen molar-refractivity contribution in [2.75, 3.05) is 4.90 Å². The Hall–Kier alpha value is -3.84. The van der Waals surface area contributed by atoms with Crippen molar-refractivity contribution in [2.45, 2.75) is 0 Å². The van der Waals surface area contributed by atoms with Crippen LogP contribution >= 0.6 is 0 Å². The first-order valence-electron chi connectivity index (χ1n) is 11.5. The maximum absolute atomic E-state index is 13.6. The average Bonchev–Trinajstić information content (AvgIpc) is 3.27. The second-order valence-corrected chi connectivity index (χ2v) is 11.7. The molecule has 7 rings (SSSR count). The number of fused-ring (bicyclic) bond motifs is 5. The van der Waals surface area contributed by atoms with Crippen LogP contribution in [0.3, 0.4) is 0 Å². The van der Waals surface area contributed by atoms with E-state index in [4.69, 9.17) is 4.42 Å². The van der Waals surface area contributed by atoms with Crippen molar-refractivity contribution in [3.05, 3.63) is 125 Å². The number of hydrogen-bond donors (Lipinski definition) is 0. The molecule has 0 aliphatic heterocycles. The van der Waals surface area contributed by atoms with Crippen LogP contribution in [0.5, 0.6) is 0 Å². The molecule has 3 nitrogen and oxygen atoms in total. The topological polar surface area (TPSA) is 33.5 Å². The molecule has 0 atom stereocenters. The summed E-state index contributed by atoms with van der Waals surface area (Å²) in [6, 6.07) is 39.0. The Morgan fingerprint density at radius 1 is 0.514 bits per heavy atom. The van der Waals surface area contributed by atoms with Crippen molar-refractivity contribution in [1.29, 1.82) is 0 Å². The molecular formula is C31H19NO2Te.